The summed E-state index contributed by atoms with van der Waals surface area (Å²) in [5, 5.41) is 0. The summed E-state index contributed by atoms with van der Waals surface area (Å²) in [5.74, 6) is -0.795. The van der Waals surface area contributed by atoms with Crippen LogP contribution in [0, 0.1) is 5.92 Å². The zero-order chi connectivity index (χ0) is 17.8. The smallest absolute Gasteiger partial charge is 0.328 e. The number of esters is 1. The van der Waals surface area contributed by atoms with Gasteiger partial charge in [0.15, 0.2) is 0 Å². The minimum Gasteiger partial charge on any atom is -0.467 e. The first-order valence-electron chi connectivity index (χ1n) is 8.80. The van der Waals surface area contributed by atoms with E-state index in [1.54, 1.807) is 9.80 Å². The van der Waals surface area contributed by atoms with E-state index in [9.17, 15) is 14.4 Å². The Balaban J connectivity index is 1.58. The molecule has 2 heterocycles. The van der Waals surface area contributed by atoms with Gasteiger partial charge in [-0.15, -0.1) is 0 Å². The predicted octanol–water partition coefficient (Wildman–Crippen LogP) is 1.24. The molecular formula is C19H24N2O4. The van der Waals surface area contributed by atoms with Crippen molar-refractivity contribution in [2.45, 2.75) is 31.7 Å². The summed E-state index contributed by atoms with van der Waals surface area (Å²) < 4.78 is 4.80. The summed E-state index contributed by atoms with van der Waals surface area (Å²) in [7, 11) is 1.34. The van der Waals surface area contributed by atoms with E-state index in [-0.39, 0.29) is 30.1 Å². The summed E-state index contributed by atoms with van der Waals surface area (Å²) in [6, 6.07) is 9.50. The van der Waals surface area contributed by atoms with Crippen molar-refractivity contribution in [3.8, 4) is 0 Å². The van der Waals surface area contributed by atoms with Crippen LogP contribution in [-0.2, 0) is 25.5 Å². The fourth-order valence-corrected chi connectivity index (χ4v) is 3.71. The monoisotopic (exact) mass is 344 g/mol. The highest BCUT2D eigenvalue weighted by Gasteiger charge is 2.41. The van der Waals surface area contributed by atoms with Crippen LogP contribution in [0.25, 0.3) is 0 Å². The van der Waals surface area contributed by atoms with Gasteiger partial charge in [0.25, 0.3) is 0 Å². The Hall–Kier alpha value is -2.37. The normalized spacial score (nSPS) is 23.2. The minimum atomic E-state index is -0.494. The molecule has 6 nitrogen and oxygen atoms in total. The van der Waals surface area contributed by atoms with Gasteiger partial charge in [0, 0.05) is 26.1 Å². The van der Waals surface area contributed by atoms with Gasteiger partial charge in [-0.1, -0.05) is 30.3 Å². The number of carbonyl (C=O) groups excluding carboxylic acids is 3. The zero-order valence-electron chi connectivity index (χ0n) is 14.5. The molecule has 25 heavy (non-hydrogen) atoms. The minimum absolute atomic E-state index is 0.0168. The van der Waals surface area contributed by atoms with Crippen molar-refractivity contribution in [2.75, 3.05) is 26.7 Å². The van der Waals surface area contributed by atoms with Crippen molar-refractivity contribution < 1.29 is 19.1 Å². The third kappa shape index (κ3) is 3.83. The average Bonchev–Trinajstić information content (AvgIpc) is 3.26. The van der Waals surface area contributed by atoms with Crippen LogP contribution in [-0.4, -0.2) is 60.4 Å². The first-order chi connectivity index (χ1) is 12.1. The summed E-state index contributed by atoms with van der Waals surface area (Å²) in [6.07, 6.45) is 2.45. The second-order valence-electron chi connectivity index (χ2n) is 6.69. The maximum absolute atomic E-state index is 12.8. The number of hydrogen-bond donors (Lipinski definition) is 0. The van der Waals surface area contributed by atoms with E-state index in [2.05, 4.69) is 0 Å². The van der Waals surface area contributed by atoms with E-state index < -0.39 is 6.04 Å². The molecular weight excluding hydrogens is 320 g/mol. The molecule has 2 atom stereocenters. The molecule has 2 fully saturated rings. The van der Waals surface area contributed by atoms with Crippen LogP contribution in [0.5, 0.6) is 0 Å². The Bertz CT molecular complexity index is 646. The second kappa shape index (κ2) is 7.68. The molecule has 0 unspecified atom stereocenters. The molecule has 2 amide bonds. The molecule has 1 aromatic carbocycles. The summed E-state index contributed by atoms with van der Waals surface area (Å²) in [4.78, 5) is 40.2. The van der Waals surface area contributed by atoms with Gasteiger partial charge in [-0.05, 0) is 24.8 Å². The van der Waals surface area contributed by atoms with Gasteiger partial charge in [-0.2, -0.15) is 0 Å². The molecule has 2 aliphatic rings. The number of rotatable bonds is 5. The van der Waals surface area contributed by atoms with E-state index >= 15 is 0 Å². The number of methoxy groups -OCH3 is 1. The number of nitrogens with zero attached hydrogens (tertiary/aromatic N) is 2. The molecule has 6 heteroatoms. The topological polar surface area (TPSA) is 66.9 Å². The summed E-state index contributed by atoms with van der Waals surface area (Å²) >= 11 is 0. The number of carbonyl (C=O) groups is 3. The molecule has 0 saturated carbocycles. The zero-order valence-corrected chi connectivity index (χ0v) is 14.5. The van der Waals surface area contributed by atoms with Crippen LogP contribution in [0.4, 0.5) is 0 Å². The van der Waals surface area contributed by atoms with Gasteiger partial charge in [-0.25, -0.2) is 4.79 Å². The first kappa shape index (κ1) is 17.5. The van der Waals surface area contributed by atoms with Crippen LogP contribution >= 0.6 is 0 Å². The van der Waals surface area contributed by atoms with Gasteiger partial charge in [0.1, 0.15) is 6.04 Å². The van der Waals surface area contributed by atoms with Crippen molar-refractivity contribution in [3.63, 3.8) is 0 Å². The van der Waals surface area contributed by atoms with E-state index in [1.807, 2.05) is 30.3 Å². The largest absolute Gasteiger partial charge is 0.467 e. The molecule has 0 spiro atoms. The molecule has 3 rings (SSSR count). The first-order valence-corrected chi connectivity index (χ1v) is 8.80. The molecule has 134 valence electrons. The Morgan fingerprint density at radius 3 is 2.72 bits per heavy atom. The lowest BCUT2D eigenvalue weighted by Gasteiger charge is -2.25. The standard InChI is InChI=1S/C19H24N2O4/c1-25-19(24)16-8-5-10-21(16)18(23)15-12-17(22)20(13-15)11-9-14-6-3-2-4-7-14/h2-4,6-7,15-16H,5,8-13H2,1H3/t15-,16-/m1/s1. The molecule has 0 aliphatic carbocycles. The quantitative estimate of drug-likeness (QED) is 0.754. The van der Waals surface area contributed by atoms with Crippen molar-refractivity contribution in [1.82, 2.24) is 9.80 Å². The number of amides is 2. The van der Waals surface area contributed by atoms with Crippen molar-refractivity contribution >= 4 is 17.8 Å². The highest BCUT2D eigenvalue weighted by Crippen LogP contribution is 2.26. The third-order valence-corrected chi connectivity index (χ3v) is 5.09. The van der Waals surface area contributed by atoms with Gasteiger partial charge in [0.05, 0.1) is 13.0 Å². The molecule has 0 N–H and O–H groups in total. The lowest BCUT2D eigenvalue weighted by molar-refractivity contribution is -0.152. The molecule has 2 saturated heterocycles. The summed E-state index contributed by atoms with van der Waals surface area (Å²) in [6.45, 7) is 1.62. The van der Waals surface area contributed by atoms with Gasteiger partial charge >= 0.3 is 5.97 Å². The molecule has 1 aromatic rings. The fourth-order valence-electron chi connectivity index (χ4n) is 3.71. The fraction of sp³-hybridized carbons (Fsp3) is 0.526. The van der Waals surface area contributed by atoms with E-state index in [0.29, 0.717) is 26.1 Å². The molecule has 2 aliphatic heterocycles. The average molecular weight is 344 g/mol. The van der Waals surface area contributed by atoms with Crippen molar-refractivity contribution in [3.05, 3.63) is 35.9 Å². The Labute approximate surface area is 147 Å². The van der Waals surface area contributed by atoms with E-state index in [4.69, 9.17) is 4.74 Å². The number of likely N-dealkylation sites (tertiary alicyclic amines) is 2. The maximum Gasteiger partial charge on any atom is 0.328 e. The molecule has 0 radical (unpaired) electrons. The van der Waals surface area contributed by atoms with E-state index in [1.165, 1.54) is 12.7 Å². The SMILES string of the molecule is COC(=O)[C@H]1CCCN1C(=O)[C@@H]1CC(=O)N(CCc2ccccc2)C1. The van der Waals surface area contributed by atoms with Crippen LogP contribution in [0.2, 0.25) is 0 Å². The predicted molar refractivity (Wildman–Crippen MR) is 91.6 cm³/mol. The number of hydrogen-bond acceptors (Lipinski definition) is 4. The van der Waals surface area contributed by atoms with Gasteiger partial charge in [0.2, 0.25) is 11.8 Å². The molecule has 0 bridgehead atoms. The van der Waals surface area contributed by atoms with Crippen LogP contribution in [0.1, 0.15) is 24.8 Å². The Morgan fingerprint density at radius 2 is 2.00 bits per heavy atom. The summed E-state index contributed by atoms with van der Waals surface area (Å²) in [5.41, 5.74) is 1.18. The highest BCUT2D eigenvalue weighted by atomic mass is 16.5. The highest BCUT2D eigenvalue weighted by molar-refractivity contribution is 5.92. The Kier molecular flexibility index (Phi) is 5.36. The van der Waals surface area contributed by atoms with Crippen LogP contribution in [0.3, 0.4) is 0 Å². The van der Waals surface area contributed by atoms with Crippen molar-refractivity contribution in [2.24, 2.45) is 5.92 Å². The van der Waals surface area contributed by atoms with Crippen molar-refractivity contribution in [1.29, 1.82) is 0 Å². The molecule has 0 aromatic heterocycles. The van der Waals surface area contributed by atoms with E-state index in [0.717, 1.165) is 12.8 Å². The second-order valence-corrected chi connectivity index (χ2v) is 6.69. The third-order valence-electron chi connectivity index (χ3n) is 5.09. The number of ether oxygens (including phenoxy) is 1. The Morgan fingerprint density at radius 1 is 1.24 bits per heavy atom. The maximum atomic E-state index is 12.8. The lowest BCUT2D eigenvalue weighted by atomic mass is 10.1. The number of benzene rings is 1. The lowest BCUT2D eigenvalue weighted by Crippen LogP contribution is -2.44. The van der Waals surface area contributed by atoms with Gasteiger partial charge < -0.3 is 14.5 Å². The van der Waals surface area contributed by atoms with Crippen LogP contribution < -0.4 is 0 Å². The van der Waals surface area contributed by atoms with Crippen LogP contribution in [0.15, 0.2) is 30.3 Å². The van der Waals surface area contributed by atoms with Gasteiger partial charge in [-0.3, -0.25) is 9.59 Å².